The van der Waals surface area contributed by atoms with Gasteiger partial charge in [-0.1, -0.05) is 42.5 Å². The second kappa shape index (κ2) is 7.68. The molecule has 1 atom stereocenters. The van der Waals surface area contributed by atoms with Crippen molar-refractivity contribution < 1.29 is 17.9 Å². The van der Waals surface area contributed by atoms with Crippen molar-refractivity contribution >= 4 is 10.0 Å². The summed E-state index contributed by atoms with van der Waals surface area (Å²) < 4.78 is 39.7. The molecule has 0 aliphatic carbocycles. The van der Waals surface area contributed by atoms with Crippen LogP contribution in [0.5, 0.6) is 0 Å². The molecule has 0 amide bonds. The highest BCUT2D eigenvalue weighted by Gasteiger charge is 2.27. The van der Waals surface area contributed by atoms with Crippen LogP contribution in [0, 0.1) is 5.82 Å². The van der Waals surface area contributed by atoms with Gasteiger partial charge in [-0.05, 0) is 29.7 Å². The minimum atomic E-state index is -3.64. The fraction of sp³-hybridized carbons (Fsp3) is 0.294. The van der Waals surface area contributed by atoms with E-state index < -0.39 is 21.9 Å². The van der Waals surface area contributed by atoms with Crippen LogP contribution in [0.2, 0.25) is 0 Å². The van der Waals surface area contributed by atoms with Gasteiger partial charge in [-0.15, -0.1) is 0 Å². The first-order chi connectivity index (χ1) is 10.9. The smallest absolute Gasteiger partial charge is 0.218 e. The van der Waals surface area contributed by atoms with Crippen molar-refractivity contribution in [2.45, 2.75) is 18.2 Å². The maximum atomic E-state index is 13.2. The summed E-state index contributed by atoms with van der Waals surface area (Å²) in [4.78, 5) is 0. The number of halogens is 1. The number of hydrogen-bond acceptors (Lipinski definition) is 3. The minimum Gasteiger partial charge on any atom is -0.396 e. The van der Waals surface area contributed by atoms with Crippen molar-refractivity contribution in [2.24, 2.45) is 0 Å². The topological polar surface area (TPSA) is 57.6 Å². The molecule has 0 fully saturated rings. The van der Waals surface area contributed by atoms with Crippen molar-refractivity contribution in [3.63, 3.8) is 0 Å². The highest BCUT2D eigenvalue weighted by Crippen LogP contribution is 2.26. The average Bonchev–Trinajstić information content (AvgIpc) is 2.52. The zero-order valence-corrected chi connectivity index (χ0v) is 13.7. The SMILES string of the molecule is CN(C(CCO)c1ccccc1)S(=O)(=O)Cc1cccc(F)c1. The van der Waals surface area contributed by atoms with Gasteiger partial charge in [0, 0.05) is 13.7 Å². The Morgan fingerprint density at radius 2 is 1.83 bits per heavy atom. The van der Waals surface area contributed by atoms with Gasteiger partial charge in [-0.2, -0.15) is 4.31 Å². The van der Waals surface area contributed by atoms with Crippen molar-refractivity contribution in [2.75, 3.05) is 13.7 Å². The molecule has 0 heterocycles. The van der Waals surface area contributed by atoms with E-state index in [1.807, 2.05) is 30.3 Å². The Labute approximate surface area is 136 Å². The first-order valence-electron chi connectivity index (χ1n) is 7.30. The number of aliphatic hydroxyl groups excluding tert-OH is 1. The largest absolute Gasteiger partial charge is 0.396 e. The Hall–Kier alpha value is -1.76. The normalized spacial score (nSPS) is 13.2. The Bertz CT molecular complexity index is 735. The summed E-state index contributed by atoms with van der Waals surface area (Å²) in [5, 5.41) is 9.27. The summed E-state index contributed by atoms with van der Waals surface area (Å²) in [5.41, 5.74) is 1.21. The molecule has 0 spiro atoms. The zero-order chi connectivity index (χ0) is 16.9. The number of rotatable bonds is 7. The van der Waals surface area contributed by atoms with Crippen LogP contribution in [-0.4, -0.2) is 31.5 Å². The van der Waals surface area contributed by atoms with E-state index in [1.165, 1.54) is 29.6 Å². The molecule has 2 rings (SSSR count). The van der Waals surface area contributed by atoms with Gasteiger partial charge in [-0.3, -0.25) is 0 Å². The lowest BCUT2D eigenvalue weighted by atomic mass is 10.0. The molecule has 1 N–H and O–H groups in total. The van der Waals surface area contributed by atoms with Gasteiger partial charge in [0.15, 0.2) is 0 Å². The molecule has 6 heteroatoms. The lowest BCUT2D eigenvalue weighted by Gasteiger charge is -2.27. The van der Waals surface area contributed by atoms with Crippen LogP contribution in [0.25, 0.3) is 0 Å². The molecule has 124 valence electrons. The second-order valence-electron chi connectivity index (χ2n) is 5.34. The third-order valence-electron chi connectivity index (χ3n) is 3.70. The van der Waals surface area contributed by atoms with Crippen LogP contribution in [0.3, 0.4) is 0 Å². The van der Waals surface area contributed by atoms with Gasteiger partial charge in [0.2, 0.25) is 10.0 Å². The van der Waals surface area contributed by atoms with Gasteiger partial charge in [0.05, 0.1) is 11.8 Å². The van der Waals surface area contributed by atoms with Crippen molar-refractivity contribution in [3.8, 4) is 0 Å². The first-order valence-corrected chi connectivity index (χ1v) is 8.91. The van der Waals surface area contributed by atoms with Gasteiger partial charge >= 0.3 is 0 Å². The Balaban J connectivity index is 2.25. The molecule has 23 heavy (non-hydrogen) atoms. The number of benzene rings is 2. The van der Waals surface area contributed by atoms with Crippen LogP contribution in [0.4, 0.5) is 4.39 Å². The van der Waals surface area contributed by atoms with Gasteiger partial charge in [0.25, 0.3) is 0 Å². The number of aliphatic hydroxyl groups is 1. The average molecular weight is 337 g/mol. The monoisotopic (exact) mass is 337 g/mol. The maximum absolute atomic E-state index is 13.2. The van der Waals surface area contributed by atoms with Crippen LogP contribution in [-0.2, 0) is 15.8 Å². The van der Waals surface area contributed by atoms with Gasteiger partial charge in [0.1, 0.15) is 5.82 Å². The van der Waals surface area contributed by atoms with E-state index >= 15 is 0 Å². The predicted octanol–water partition coefficient (Wildman–Crippen LogP) is 2.71. The number of hydrogen-bond donors (Lipinski definition) is 1. The van der Waals surface area contributed by atoms with Gasteiger partial charge < -0.3 is 5.11 Å². The highest BCUT2D eigenvalue weighted by atomic mass is 32.2. The van der Waals surface area contributed by atoms with Crippen LogP contribution < -0.4 is 0 Å². The molecule has 4 nitrogen and oxygen atoms in total. The Kier molecular flexibility index (Phi) is 5.87. The molecule has 0 bridgehead atoms. The zero-order valence-electron chi connectivity index (χ0n) is 12.9. The summed E-state index contributed by atoms with van der Waals surface area (Å²) in [6.07, 6.45) is 0.295. The molecule has 0 radical (unpaired) electrons. The first kappa shape index (κ1) is 17.6. The summed E-state index contributed by atoms with van der Waals surface area (Å²) in [5.74, 6) is -0.744. The lowest BCUT2D eigenvalue weighted by molar-refractivity contribution is 0.240. The van der Waals surface area contributed by atoms with E-state index in [2.05, 4.69) is 0 Å². The fourth-order valence-electron chi connectivity index (χ4n) is 2.49. The molecule has 1 unspecified atom stereocenters. The quantitative estimate of drug-likeness (QED) is 0.845. The molecular formula is C17H20FNO3S. The van der Waals surface area contributed by atoms with Crippen molar-refractivity contribution in [1.29, 1.82) is 0 Å². The second-order valence-corrected chi connectivity index (χ2v) is 7.37. The molecule has 2 aromatic rings. The molecule has 0 saturated heterocycles. The van der Waals surface area contributed by atoms with Crippen molar-refractivity contribution in [1.82, 2.24) is 4.31 Å². The minimum absolute atomic E-state index is 0.126. The van der Waals surface area contributed by atoms with Crippen LogP contribution in [0.1, 0.15) is 23.6 Å². The standard InChI is InChI=1S/C17H20FNO3S/c1-19(17(10-11-20)15-7-3-2-4-8-15)23(21,22)13-14-6-5-9-16(18)12-14/h2-9,12,17,20H,10-11,13H2,1H3. The maximum Gasteiger partial charge on any atom is 0.218 e. The number of sulfonamides is 1. The summed E-state index contributed by atoms with van der Waals surface area (Å²) in [6.45, 7) is -0.126. The van der Waals surface area contributed by atoms with E-state index in [0.717, 1.165) is 5.56 Å². The van der Waals surface area contributed by atoms with Gasteiger partial charge in [-0.25, -0.2) is 12.8 Å². The Morgan fingerprint density at radius 1 is 1.13 bits per heavy atom. The molecule has 0 aromatic heterocycles. The molecule has 0 aliphatic heterocycles. The van der Waals surface area contributed by atoms with Crippen LogP contribution >= 0.6 is 0 Å². The van der Waals surface area contributed by atoms with E-state index in [0.29, 0.717) is 12.0 Å². The molecule has 2 aromatic carbocycles. The summed E-state index contributed by atoms with van der Waals surface area (Å²) >= 11 is 0. The highest BCUT2D eigenvalue weighted by molar-refractivity contribution is 7.88. The third kappa shape index (κ3) is 4.60. The summed E-state index contributed by atoms with van der Waals surface area (Å²) in [7, 11) is -2.16. The van der Waals surface area contributed by atoms with E-state index in [4.69, 9.17) is 0 Å². The van der Waals surface area contributed by atoms with E-state index in [-0.39, 0.29) is 12.4 Å². The Morgan fingerprint density at radius 3 is 2.43 bits per heavy atom. The predicted molar refractivity (Wildman–Crippen MR) is 87.7 cm³/mol. The third-order valence-corrected chi connectivity index (χ3v) is 5.53. The van der Waals surface area contributed by atoms with E-state index in [9.17, 15) is 17.9 Å². The van der Waals surface area contributed by atoms with Crippen molar-refractivity contribution in [3.05, 3.63) is 71.5 Å². The number of nitrogens with zero attached hydrogens (tertiary/aromatic N) is 1. The van der Waals surface area contributed by atoms with E-state index in [1.54, 1.807) is 6.07 Å². The molecule has 0 saturated carbocycles. The summed E-state index contributed by atoms with van der Waals surface area (Å²) in [6, 6.07) is 14.3. The molecule has 0 aliphatic rings. The van der Waals surface area contributed by atoms with Crippen LogP contribution in [0.15, 0.2) is 54.6 Å². The lowest BCUT2D eigenvalue weighted by Crippen LogP contribution is -2.33. The fourth-order valence-corrected chi connectivity index (χ4v) is 3.91. The molecular weight excluding hydrogens is 317 g/mol.